The van der Waals surface area contributed by atoms with Crippen LogP contribution in [0.1, 0.15) is 43.2 Å². The number of carbonyl (C=O) groups excluding carboxylic acids is 2. The highest BCUT2D eigenvalue weighted by molar-refractivity contribution is 8.00. The summed E-state index contributed by atoms with van der Waals surface area (Å²) in [5, 5.41) is 0. The average Bonchev–Trinajstić information content (AvgIpc) is 3.00. The van der Waals surface area contributed by atoms with Gasteiger partial charge in [0.25, 0.3) is 0 Å². The van der Waals surface area contributed by atoms with Crippen LogP contribution in [0.4, 0.5) is 0 Å². The second-order valence-corrected chi connectivity index (χ2v) is 6.93. The van der Waals surface area contributed by atoms with Gasteiger partial charge in [0.05, 0.1) is 17.7 Å². The standard InChI is InChI=1S/C16H22N2O3S/c1-12-6-7-14(21-12)13-5-3-2-4-8-18(13)15(19)9-17-11-22-10-16(17)20/h6-7,13H,2-5,8-11H2,1H3/t13-/m1/s1. The molecule has 0 aliphatic carbocycles. The molecule has 0 spiro atoms. The van der Waals surface area contributed by atoms with Gasteiger partial charge >= 0.3 is 0 Å². The SMILES string of the molecule is Cc1ccc([C@H]2CCCCCN2C(=O)CN2CSCC2=O)o1. The number of aryl methyl sites for hydroxylation is 1. The molecule has 2 amide bonds. The zero-order valence-corrected chi connectivity index (χ0v) is 13.7. The van der Waals surface area contributed by atoms with Crippen molar-refractivity contribution in [1.29, 1.82) is 0 Å². The van der Waals surface area contributed by atoms with Crippen LogP contribution in [-0.4, -0.2) is 46.3 Å². The Balaban J connectivity index is 1.75. The van der Waals surface area contributed by atoms with E-state index in [-0.39, 0.29) is 24.4 Å². The summed E-state index contributed by atoms with van der Waals surface area (Å²) < 4.78 is 5.77. The Morgan fingerprint density at radius 2 is 2.23 bits per heavy atom. The van der Waals surface area contributed by atoms with Gasteiger partial charge in [0.15, 0.2) is 0 Å². The Hall–Kier alpha value is -1.43. The number of hydrogen-bond acceptors (Lipinski definition) is 4. The number of likely N-dealkylation sites (tertiary alicyclic amines) is 1. The van der Waals surface area contributed by atoms with Crippen LogP contribution in [0.2, 0.25) is 0 Å². The van der Waals surface area contributed by atoms with Gasteiger partial charge in [-0.1, -0.05) is 12.8 Å². The highest BCUT2D eigenvalue weighted by Crippen LogP contribution is 2.31. The van der Waals surface area contributed by atoms with Crippen LogP contribution in [0.15, 0.2) is 16.5 Å². The summed E-state index contributed by atoms with van der Waals surface area (Å²) >= 11 is 1.57. The number of thioether (sulfide) groups is 1. The summed E-state index contributed by atoms with van der Waals surface area (Å²) in [6.07, 6.45) is 4.19. The molecule has 0 saturated carbocycles. The van der Waals surface area contributed by atoms with Crippen molar-refractivity contribution in [2.75, 3.05) is 24.7 Å². The normalized spacial score (nSPS) is 23.0. The minimum Gasteiger partial charge on any atom is -0.464 e. The molecule has 0 N–H and O–H groups in total. The Kier molecular flexibility index (Phi) is 4.76. The van der Waals surface area contributed by atoms with Crippen LogP contribution in [-0.2, 0) is 9.59 Å². The molecule has 5 nitrogen and oxygen atoms in total. The van der Waals surface area contributed by atoms with Gasteiger partial charge in [-0.15, -0.1) is 11.8 Å². The second kappa shape index (κ2) is 6.77. The predicted molar refractivity (Wildman–Crippen MR) is 85.4 cm³/mol. The molecule has 3 rings (SSSR count). The number of amides is 2. The van der Waals surface area contributed by atoms with Crippen molar-refractivity contribution in [1.82, 2.24) is 9.80 Å². The smallest absolute Gasteiger partial charge is 0.242 e. The van der Waals surface area contributed by atoms with Crippen LogP contribution in [0.5, 0.6) is 0 Å². The van der Waals surface area contributed by atoms with E-state index in [9.17, 15) is 9.59 Å². The number of rotatable bonds is 3. The molecule has 120 valence electrons. The van der Waals surface area contributed by atoms with Crippen molar-refractivity contribution in [2.24, 2.45) is 0 Å². The minimum absolute atomic E-state index is 0.00839. The summed E-state index contributed by atoms with van der Waals surface area (Å²) in [4.78, 5) is 28.0. The van der Waals surface area contributed by atoms with Gasteiger partial charge in [-0.3, -0.25) is 9.59 Å². The van der Waals surface area contributed by atoms with Crippen LogP contribution >= 0.6 is 11.8 Å². The molecule has 0 unspecified atom stereocenters. The van der Waals surface area contributed by atoms with Crippen LogP contribution < -0.4 is 0 Å². The van der Waals surface area contributed by atoms with E-state index in [1.165, 1.54) is 0 Å². The molecule has 3 heterocycles. The molecule has 2 saturated heterocycles. The van der Waals surface area contributed by atoms with Gasteiger partial charge in [-0.05, 0) is 31.9 Å². The number of carbonyl (C=O) groups is 2. The molecule has 1 aromatic rings. The maximum Gasteiger partial charge on any atom is 0.242 e. The van der Waals surface area contributed by atoms with Crippen LogP contribution in [0, 0.1) is 6.92 Å². The van der Waals surface area contributed by atoms with Crippen LogP contribution in [0.25, 0.3) is 0 Å². The quantitative estimate of drug-likeness (QED) is 0.858. The van der Waals surface area contributed by atoms with Gasteiger partial charge in [0.1, 0.15) is 18.1 Å². The fourth-order valence-electron chi connectivity index (χ4n) is 3.13. The van der Waals surface area contributed by atoms with E-state index in [1.807, 2.05) is 24.0 Å². The topological polar surface area (TPSA) is 53.8 Å². The molecule has 0 bridgehead atoms. The zero-order chi connectivity index (χ0) is 15.5. The molecular formula is C16H22N2O3S. The lowest BCUT2D eigenvalue weighted by Crippen LogP contribution is -2.42. The van der Waals surface area contributed by atoms with Crippen molar-refractivity contribution in [2.45, 2.75) is 38.6 Å². The second-order valence-electron chi connectivity index (χ2n) is 5.97. The van der Waals surface area contributed by atoms with Gasteiger partial charge in [-0.2, -0.15) is 0 Å². The first-order chi connectivity index (χ1) is 10.6. The van der Waals surface area contributed by atoms with Crippen LogP contribution in [0.3, 0.4) is 0 Å². The molecule has 22 heavy (non-hydrogen) atoms. The predicted octanol–water partition coefficient (Wildman–Crippen LogP) is 2.56. The van der Waals surface area contributed by atoms with Crippen molar-refractivity contribution >= 4 is 23.6 Å². The fraction of sp³-hybridized carbons (Fsp3) is 0.625. The summed E-state index contributed by atoms with van der Waals surface area (Å²) in [5.74, 6) is 2.97. The number of nitrogens with zero attached hydrogens (tertiary/aromatic N) is 2. The van der Waals surface area contributed by atoms with Crippen molar-refractivity contribution in [3.8, 4) is 0 Å². The van der Waals surface area contributed by atoms with E-state index in [0.29, 0.717) is 11.6 Å². The number of hydrogen-bond donors (Lipinski definition) is 0. The molecule has 2 aliphatic rings. The third-order valence-electron chi connectivity index (χ3n) is 4.31. The fourth-order valence-corrected chi connectivity index (χ4v) is 4.03. The molecule has 2 fully saturated rings. The lowest BCUT2D eigenvalue weighted by Gasteiger charge is -2.30. The summed E-state index contributed by atoms with van der Waals surface area (Å²) in [6, 6.07) is 3.93. The monoisotopic (exact) mass is 322 g/mol. The lowest BCUT2D eigenvalue weighted by atomic mass is 10.1. The van der Waals surface area contributed by atoms with Gasteiger partial charge in [0.2, 0.25) is 11.8 Å². The van der Waals surface area contributed by atoms with E-state index in [1.54, 1.807) is 16.7 Å². The third-order valence-corrected chi connectivity index (χ3v) is 5.26. The third kappa shape index (κ3) is 3.32. The summed E-state index contributed by atoms with van der Waals surface area (Å²) in [5.41, 5.74) is 0. The van der Waals surface area contributed by atoms with Crippen molar-refractivity contribution < 1.29 is 14.0 Å². The summed E-state index contributed by atoms with van der Waals surface area (Å²) in [6.45, 7) is 2.87. The van der Waals surface area contributed by atoms with E-state index in [4.69, 9.17) is 4.42 Å². The van der Waals surface area contributed by atoms with Gasteiger partial charge in [0, 0.05) is 6.54 Å². The maximum atomic E-state index is 12.7. The summed E-state index contributed by atoms with van der Waals surface area (Å²) in [7, 11) is 0. The lowest BCUT2D eigenvalue weighted by molar-refractivity contribution is -0.140. The zero-order valence-electron chi connectivity index (χ0n) is 12.9. The molecule has 0 aromatic carbocycles. The Bertz CT molecular complexity index is 557. The molecule has 1 atom stereocenters. The molecule has 0 radical (unpaired) electrons. The first-order valence-corrected chi connectivity index (χ1v) is 9.02. The van der Waals surface area contributed by atoms with E-state index < -0.39 is 0 Å². The van der Waals surface area contributed by atoms with E-state index >= 15 is 0 Å². The Morgan fingerprint density at radius 3 is 2.91 bits per heavy atom. The Labute approximate surface area is 135 Å². The average molecular weight is 322 g/mol. The largest absolute Gasteiger partial charge is 0.464 e. The molecule has 1 aromatic heterocycles. The first kappa shape index (κ1) is 15.5. The Morgan fingerprint density at radius 1 is 1.36 bits per heavy atom. The number of furan rings is 1. The minimum atomic E-state index is 0.00839. The highest BCUT2D eigenvalue weighted by Gasteiger charge is 2.31. The molecule has 2 aliphatic heterocycles. The van der Waals surface area contributed by atoms with Crippen molar-refractivity contribution in [3.63, 3.8) is 0 Å². The van der Waals surface area contributed by atoms with Crippen molar-refractivity contribution in [3.05, 3.63) is 23.7 Å². The highest BCUT2D eigenvalue weighted by atomic mass is 32.2. The maximum absolute atomic E-state index is 12.7. The molecular weight excluding hydrogens is 300 g/mol. The van der Waals surface area contributed by atoms with Gasteiger partial charge in [-0.25, -0.2) is 0 Å². The van der Waals surface area contributed by atoms with Gasteiger partial charge < -0.3 is 14.2 Å². The molecule has 6 heteroatoms. The first-order valence-electron chi connectivity index (χ1n) is 7.86. The van der Waals surface area contributed by atoms with E-state index in [2.05, 4.69) is 0 Å². The van der Waals surface area contributed by atoms with E-state index in [0.717, 1.165) is 43.7 Å².